The maximum atomic E-state index is 11.8. The Hall–Kier alpha value is -0.810. The minimum Gasteiger partial charge on any atom is -0.462 e. The number of alkyl halides is 1. The molecule has 0 heterocycles. The minimum absolute atomic E-state index is 0.0435. The molecule has 1 aromatic carbocycles. The van der Waals surface area contributed by atoms with Crippen molar-refractivity contribution in [3.63, 3.8) is 0 Å². The first kappa shape index (κ1) is 14.3. The molecule has 0 aromatic heterocycles. The summed E-state index contributed by atoms with van der Waals surface area (Å²) >= 11 is 7.45. The number of carbonyl (C=O) groups is 2. The predicted molar refractivity (Wildman–Crippen MR) is 72.4 cm³/mol. The molecule has 0 aliphatic rings. The number of esters is 1. The zero-order valence-electron chi connectivity index (χ0n) is 9.40. The zero-order valence-corrected chi connectivity index (χ0v) is 11.9. The minimum atomic E-state index is -0.453. The summed E-state index contributed by atoms with van der Waals surface area (Å²) in [5.41, 5.74) is 0.786. The highest BCUT2D eigenvalue weighted by Gasteiger charge is 2.16. The number of rotatable bonds is 5. The quantitative estimate of drug-likeness (QED) is 0.393. The number of benzene rings is 1. The standard InChI is InChI=1S/C12H13BrO3S/c1-2-16-12(15)9-5-3-4-8(11(9)17)10(14)6-7-13/h3-5,17H,2,6-7H2,1H3. The number of hydrogen-bond donors (Lipinski definition) is 1. The molecular formula is C12H13BrO3S. The first-order chi connectivity index (χ1) is 8.11. The van der Waals surface area contributed by atoms with Gasteiger partial charge in [-0.05, 0) is 13.0 Å². The van der Waals surface area contributed by atoms with Crippen molar-refractivity contribution in [2.24, 2.45) is 0 Å². The van der Waals surface area contributed by atoms with Crippen molar-refractivity contribution in [1.82, 2.24) is 0 Å². The van der Waals surface area contributed by atoms with Gasteiger partial charge >= 0.3 is 5.97 Å². The first-order valence-corrected chi connectivity index (χ1v) is 6.77. The first-order valence-electron chi connectivity index (χ1n) is 5.20. The van der Waals surface area contributed by atoms with E-state index in [0.29, 0.717) is 34.4 Å². The molecule has 0 unspecified atom stereocenters. The van der Waals surface area contributed by atoms with Gasteiger partial charge in [0.15, 0.2) is 5.78 Å². The van der Waals surface area contributed by atoms with Crippen LogP contribution in [0.15, 0.2) is 23.1 Å². The van der Waals surface area contributed by atoms with Gasteiger partial charge in [0.2, 0.25) is 0 Å². The summed E-state index contributed by atoms with van der Waals surface area (Å²) in [5.74, 6) is -0.496. The molecule has 1 rings (SSSR count). The average molecular weight is 317 g/mol. The van der Waals surface area contributed by atoms with Crippen LogP contribution in [0.4, 0.5) is 0 Å². The fourth-order valence-electron chi connectivity index (χ4n) is 1.36. The van der Waals surface area contributed by atoms with Crippen LogP contribution in [0.1, 0.15) is 34.1 Å². The molecule has 92 valence electrons. The Labute approximate surface area is 114 Å². The highest BCUT2D eigenvalue weighted by Crippen LogP contribution is 2.21. The number of ketones is 1. The van der Waals surface area contributed by atoms with Crippen molar-refractivity contribution in [3.8, 4) is 0 Å². The van der Waals surface area contributed by atoms with Crippen LogP contribution in [0.25, 0.3) is 0 Å². The van der Waals surface area contributed by atoms with Gasteiger partial charge in [0, 0.05) is 22.2 Å². The average Bonchev–Trinajstić information content (AvgIpc) is 2.29. The van der Waals surface area contributed by atoms with E-state index >= 15 is 0 Å². The third kappa shape index (κ3) is 3.57. The van der Waals surface area contributed by atoms with Gasteiger partial charge in [0.25, 0.3) is 0 Å². The molecule has 1 aromatic rings. The van der Waals surface area contributed by atoms with Gasteiger partial charge in [-0.3, -0.25) is 4.79 Å². The van der Waals surface area contributed by atoms with Crippen LogP contribution in [-0.2, 0) is 4.74 Å². The molecule has 3 nitrogen and oxygen atoms in total. The van der Waals surface area contributed by atoms with Crippen molar-refractivity contribution < 1.29 is 14.3 Å². The van der Waals surface area contributed by atoms with Gasteiger partial charge < -0.3 is 4.74 Å². The van der Waals surface area contributed by atoms with E-state index in [1.54, 1.807) is 25.1 Å². The number of halogens is 1. The van der Waals surface area contributed by atoms with Crippen molar-refractivity contribution >= 4 is 40.3 Å². The second-order valence-corrected chi connectivity index (χ2v) is 4.52. The molecule has 0 radical (unpaired) electrons. The van der Waals surface area contributed by atoms with Gasteiger partial charge in [0.1, 0.15) is 0 Å². The lowest BCUT2D eigenvalue weighted by atomic mass is 10.1. The third-order valence-corrected chi connectivity index (χ3v) is 3.03. The molecular weight excluding hydrogens is 304 g/mol. The van der Waals surface area contributed by atoms with Gasteiger partial charge in [-0.15, -0.1) is 12.6 Å². The summed E-state index contributed by atoms with van der Waals surface area (Å²) in [6.45, 7) is 2.03. The number of ether oxygens (including phenoxy) is 1. The lowest BCUT2D eigenvalue weighted by Crippen LogP contribution is -2.09. The van der Waals surface area contributed by atoms with Crippen LogP contribution in [0, 0.1) is 0 Å². The van der Waals surface area contributed by atoms with E-state index in [2.05, 4.69) is 28.6 Å². The molecule has 5 heteroatoms. The number of Topliss-reactive ketones (excluding diaryl/α,β-unsaturated/α-hetero) is 1. The highest BCUT2D eigenvalue weighted by atomic mass is 79.9. The van der Waals surface area contributed by atoms with E-state index < -0.39 is 5.97 Å². The molecule has 0 N–H and O–H groups in total. The lowest BCUT2D eigenvalue weighted by Gasteiger charge is -2.08. The fraction of sp³-hybridized carbons (Fsp3) is 0.333. The predicted octanol–water partition coefficient (Wildman–Crippen LogP) is 3.12. The second kappa shape index (κ2) is 6.81. The topological polar surface area (TPSA) is 43.4 Å². The molecule has 0 saturated heterocycles. The Balaban J connectivity index is 3.07. The van der Waals surface area contributed by atoms with Crippen molar-refractivity contribution in [2.75, 3.05) is 11.9 Å². The highest BCUT2D eigenvalue weighted by molar-refractivity contribution is 9.09. The fourth-order valence-corrected chi connectivity index (χ4v) is 2.09. The van der Waals surface area contributed by atoms with E-state index in [0.717, 1.165) is 0 Å². The smallest absolute Gasteiger partial charge is 0.339 e. The SMILES string of the molecule is CCOC(=O)c1cccc(C(=O)CCBr)c1S. The van der Waals surface area contributed by atoms with Crippen molar-refractivity contribution in [3.05, 3.63) is 29.3 Å². The Morgan fingerprint density at radius 2 is 2.00 bits per heavy atom. The molecule has 0 amide bonds. The van der Waals surface area contributed by atoms with Crippen molar-refractivity contribution in [1.29, 1.82) is 0 Å². The molecule has 0 bridgehead atoms. The van der Waals surface area contributed by atoms with Crippen LogP contribution in [0.3, 0.4) is 0 Å². The Bertz CT molecular complexity index is 396. The number of carbonyl (C=O) groups excluding carboxylic acids is 2. The summed E-state index contributed by atoms with van der Waals surface area (Å²) in [4.78, 5) is 23.8. The normalized spacial score (nSPS) is 10.1. The molecule has 0 fully saturated rings. The molecule has 0 aliphatic heterocycles. The van der Waals surface area contributed by atoms with E-state index in [9.17, 15) is 9.59 Å². The summed E-state index contributed by atoms with van der Waals surface area (Å²) in [6.07, 6.45) is 0.375. The third-order valence-electron chi connectivity index (χ3n) is 2.15. The largest absolute Gasteiger partial charge is 0.462 e. The summed E-state index contributed by atoms with van der Waals surface area (Å²) in [7, 11) is 0. The van der Waals surface area contributed by atoms with Crippen LogP contribution in [-0.4, -0.2) is 23.7 Å². The van der Waals surface area contributed by atoms with E-state index in [1.165, 1.54) is 0 Å². The number of thiol groups is 1. The van der Waals surface area contributed by atoms with Gasteiger partial charge in [-0.25, -0.2) is 4.79 Å². The summed E-state index contributed by atoms with van der Waals surface area (Å²) in [5, 5.41) is 0.586. The Morgan fingerprint density at radius 3 is 2.59 bits per heavy atom. The molecule has 0 spiro atoms. The molecule has 0 saturated carbocycles. The lowest BCUT2D eigenvalue weighted by molar-refractivity contribution is 0.0522. The van der Waals surface area contributed by atoms with Crippen LogP contribution in [0.2, 0.25) is 0 Å². The van der Waals surface area contributed by atoms with E-state index in [1.807, 2.05) is 0 Å². The molecule has 17 heavy (non-hydrogen) atoms. The Kier molecular flexibility index (Phi) is 5.71. The number of hydrogen-bond acceptors (Lipinski definition) is 4. The van der Waals surface area contributed by atoms with E-state index in [-0.39, 0.29) is 5.78 Å². The van der Waals surface area contributed by atoms with Gasteiger partial charge in [-0.2, -0.15) is 0 Å². The Morgan fingerprint density at radius 1 is 1.35 bits per heavy atom. The van der Waals surface area contributed by atoms with Crippen LogP contribution >= 0.6 is 28.6 Å². The van der Waals surface area contributed by atoms with Crippen LogP contribution in [0.5, 0.6) is 0 Å². The van der Waals surface area contributed by atoms with E-state index in [4.69, 9.17) is 4.74 Å². The maximum absolute atomic E-state index is 11.8. The molecule has 0 aliphatic carbocycles. The second-order valence-electron chi connectivity index (χ2n) is 3.28. The monoisotopic (exact) mass is 316 g/mol. The van der Waals surface area contributed by atoms with Crippen LogP contribution < -0.4 is 0 Å². The van der Waals surface area contributed by atoms with Gasteiger partial charge in [0.05, 0.1) is 12.2 Å². The summed E-state index contributed by atoms with van der Waals surface area (Å²) < 4.78 is 4.90. The zero-order chi connectivity index (χ0) is 12.8. The summed E-state index contributed by atoms with van der Waals surface area (Å²) in [6, 6.07) is 4.93. The van der Waals surface area contributed by atoms with Gasteiger partial charge in [-0.1, -0.05) is 28.1 Å². The van der Waals surface area contributed by atoms with Crippen molar-refractivity contribution in [2.45, 2.75) is 18.2 Å². The molecule has 0 atom stereocenters. The maximum Gasteiger partial charge on any atom is 0.339 e.